The summed E-state index contributed by atoms with van der Waals surface area (Å²) in [5, 5.41) is 14.1. The molecule has 1 aromatic heterocycles. The topological polar surface area (TPSA) is 71.3 Å². The van der Waals surface area contributed by atoms with E-state index in [1.54, 1.807) is 0 Å². The molecule has 0 aliphatic carbocycles. The molecule has 0 saturated carbocycles. The zero-order valence-electron chi connectivity index (χ0n) is 10.4. The first-order chi connectivity index (χ1) is 9.10. The highest BCUT2D eigenvalue weighted by atomic mass is 79.9. The second-order valence-corrected chi connectivity index (χ2v) is 6.21. The minimum Gasteiger partial charge on any atom is -0.355 e. The summed E-state index contributed by atoms with van der Waals surface area (Å²) in [5.74, 6) is 0.814. The van der Waals surface area contributed by atoms with Crippen molar-refractivity contribution in [3.63, 3.8) is 0 Å². The molecule has 2 aliphatic heterocycles. The molecule has 3 heterocycles. The van der Waals surface area contributed by atoms with E-state index in [4.69, 9.17) is 0 Å². The van der Waals surface area contributed by atoms with Crippen molar-refractivity contribution in [2.24, 2.45) is 5.41 Å². The number of anilines is 1. The molecule has 0 radical (unpaired) electrons. The Morgan fingerprint density at radius 1 is 1.53 bits per heavy atom. The molecule has 7 heteroatoms. The van der Waals surface area contributed by atoms with Crippen molar-refractivity contribution >= 4 is 27.4 Å². The molecule has 102 valence electrons. The monoisotopic (exact) mass is 326 g/mol. The van der Waals surface area contributed by atoms with Crippen LogP contribution in [0.3, 0.4) is 0 Å². The van der Waals surface area contributed by atoms with Crippen molar-refractivity contribution in [3.05, 3.63) is 26.9 Å². The van der Waals surface area contributed by atoms with Crippen LogP contribution in [-0.4, -0.2) is 36.1 Å². The molecule has 3 rings (SSSR count). The molecule has 1 spiro atoms. The molecule has 1 atom stereocenters. The van der Waals surface area contributed by atoms with Gasteiger partial charge in [0, 0.05) is 31.1 Å². The van der Waals surface area contributed by atoms with E-state index < -0.39 is 4.92 Å². The van der Waals surface area contributed by atoms with Gasteiger partial charge in [-0.15, -0.1) is 0 Å². The second kappa shape index (κ2) is 4.72. The van der Waals surface area contributed by atoms with Gasteiger partial charge in [-0.1, -0.05) is 0 Å². The third kappa shape index (κ3) is 2.32. The minimum atomic E-state index is -0.423. The predicted octanol–water partition coefficient (Wildman–Crippen LogP) is 1.94. The molecule has 2 fully saturated rings. The van der Waals surface area contributed by atoms with Crippen LogP contribution in [-0.2, 0) is 0 Å². The maximum atomic E-state index is 10.7. The van der Waals surface area contributed by atoms with E-state index in [9.17, 15) is 10.1 Å². The number of aromatic nitrogens is 1. The zero-order valence-corrected chi connectivity index (χ0v) is 12.0. The highest BCUT2D eigenvalue weighted by Gasteiger charge is 2.41. The quantitative estimate of drug-likeness (QED) is 0.664. The zero-order chi connectivity index (χ0) is 13.5. The summed E-state index contributed by atoms with van der Waals surface area (Å²) < 4.78 is 0.699. The summed E-state index contributed by atoms with van der Waals surface area (Å²) in [6.07, 6.45) is 3.69. The largest absolute Gasteiger partial charge is 0.355 e. The first-order valence-corrected chi connectivity index (χ1v) is 7.15. The second-order valence-electron chi connectivity index (χ2n) is 5.35. The molecule has 6 nitrogen and oxygen atoms in total. The van der Waals surface area contributed by atoms with Crippen LogP contribution in [0, 0.1) is 15.5 Å². The molecule has 0 bridgehead atoms. The van der Waals surface area contributed by atoms with E-state index in [0.717, 1.165) is 38.4 Å². The SMILES string of the molecule is O=[N+]([O-])c1cnc(N2CCC3(CCNC3)C2)c(Br)c1. The molecule has 0 aromatic carbocycles. The molecule has 1 unspecified atom stereocenters. The predicted molar refractivity (Wildman–Crippen MR) is 75.3 cm³/mol. The van der Waals surface area contributed by atoms with Crippen LogP contribution in [0.5, 0.6) is 0 Å². The number of hydrogen-bond acceptors (Lipinski definition) is 5. The molecule has 1 aromatic rings. The van der Waals surface area contributed by atoms with Crippen LogP contribution in [0.1, 0.15) is 12.8 Å². The average Bonchev–Trinajstić information content (AvgIpc) is 3.00. The summed E-state index contributed by atoms with van der Waals surface area (Å²) in [7, 11) is 0. The van der Waals surface area contributed by atoms with Crippen molar-refractivity contribution in [3.8, 4) is 0 Å². The Balaban J connectivity index is 1.82. The van der Waals surface area contributed by atoms with Crippen molar-refractivity contribution in [1.82, 2.24) is 10.3 Å². The number of pyridine rings is 1. The molecule has 1 N–H and O–H groups in total. The van der Waals surface area contributed by atoms with E-state index >= 15 is 0 Å². The number of nitrogens with zero attached hydrogens (tertiary/aromatic N) is 3. The Morgan fingerprint density at radius 3 is 3.00 bits per heavy atom. The van der Waals surface area contributed by atoms with E-state index in [0.29, 0.717) is 9.89 Å². The highest BCUT2D eigenvalue weighted by molar-refractivity contribution is 9.10. The minimum absolute atomic E-state index is 0.0204. The normalized spacial score (nSPS) is 26.3. The summed E-state index contributed by atoms with van der Waals surface area (Å²) in [4.78, 5) is 16.8. The van der Waals surface area contributed by atoms with Crippen molar-refractivity contribution in [1.29, 1.82) is 0 Å². The van der Waals surface area contributed by atoms with Gasteiger partial charge in [0.15, 0.2) is 0 Å². The Morgan fingerprint density at radius 2 is 2.37 bits per heavy atom. The van der Waals surface area contributed by atoms with Gasteiger partial charge in [0.1, 0.15) is 12.0 Å². The van der Waals surface area contributed by atoms with Crippen LogP contribution in [0.2, 0.25) is 0 Å². The number of rotatable bonds is 2. The number of hydrogen-bond donors (Lipinski definition) is 1. The third-order valence-corrected chi connectivity index (χ3v) is 4.67. The number of nitro groups is 1. The molecule has 2 aliphatic rings. The van der Waals surface area contributed by atoms with Crippen molar-refractivity contribution in [2.45, 2.75) is 12.8 Å². The lowest BCUT2D eigenvalue weighted by Gasteiger charge is -2.23. The third-order valence-electron chi connectivity index (χ3n) is 4.09. The van der Waals surface area contributed by atoms with Crippen molar-refractivity contribution < 1.29 is 4.92 Å². The van der Waals surface area contributed by atoms with Gasteiger partial charge in [-0.2, -0.15) is 0 Å². The van der Waals surface area contributed by atoms with Gasteiger partial charge in [-0.05, 0) is 35.3 Å². The number of nitrogens with one attached hydrogen (secondary N) is 1. The standard InChI is InChI=1S/C12H15BrN4O2/c13-10-5-9(17(18)19)6-15-11(10)16-4-2-12(8-16)1-3-14-7-12/h5-6,14H,1-4,7-8H2. The van der Waals surface area contributed by atoms with Crippen LogP contribution >= 0.6 is 15.9 Å². The fourth-order valence-corrected chi connectivity index (χ4v) is 3.60. The van der Waals surface area contributed by atoms with Crippen molar-refractivity contribution in [2.75, 3.05) is 31.1 Å². The highest BCUT2D eigenvalue weighted by Crippen LogP contribution is 2.39. The molecule has 19 heavy (non-hydrogen) atoms. The van der Waals surface area contributed by atoms with E-state index in [2.05, 4.69) is 31.1 Å². The summed E-state index contributed by atoms with van der Waals surface area (Å²) in [6.45, 7) is 4.09. The molecule has 2 saturated heterocycles. The smallest absolute Gasteiger partial charge is 0.288 e. The van der Waals surface area contributed by atoms with Gasteiger partial charge in [-0.25, -0.2) is 4.98 Å². The lowest BCUT2D eigenvalue weighted by atomic mass is 9.87. The maximum absolute atomic E-state index is 10.7. The van der Waals surface area contributed by atoms with Gasteiger partial charge in [0.05, 0.1) is 9.40 Å². The van der Waals surface area contributed by atoms with Crippen LogP contribution in [0.25, 0.3) is 0 Å². The molecular weight excluding hydrogens is 312 g/mol. The Hall–Kier alpha value is -1.21. The van der Waals surface area contributed by atoms with Gasteiger partial charge < -0.3 is 10.2 Å². The van der Waals surface area contributed by atoms with Crippen LogP contribution in [0.15, 0.2) is 16.7 Å². The van der Waals surface area contributed by atoms with Crippen LogP contribution < -0.4 is 10.2 Å². The first kappa shape index (κ1) is 12.8. The maximum Gasteiger partial charge on any atom is 0.288 e. The summed E-state index contributed by atoms with van der Waals surface area (Å²) in [6, 6.07) is 1.53. The van der Waals surface area contributed by atoms with Crippen LogP contribution in [0.4, 0.5) is 11.5 Å². The van der Waals surface area contributed by atoms with E-state index in [-0.39, 0.29) is 5.69 Å². The average molecular weight is 327 g/mol. The Kier molecular flexibility index (Phi) is 3.18. The Bertz CT molecular complexity index is 516. The van der Waals surface area contributed by atoms with E-state index in [1.807, 2.05) is 0 Å². The fourth-order valence-electron chi connectivity index (χ4n) is 3.01. The molecule has 0 amide bonds. The number of halogens is 1. The van der Waals surface area contributed by atoms with Gasteiger partial charge in [0.25, 0.3) is 5.69 Å². The van der Waals surface area contributed by atoms with Gasteiger partial charge >= 0.3 is 0 Å². The van der Waals surface area contributed by atoms with Gasteiger partial charge in [-0.3, -0.25) is 10.1 Å². The van der Waals surface area contributed by atoms with E-state index in [1.165, 1.54) is 18.7 Å². The summed E-state index contributed by atoms with van der Waals surface area (Å²) in [5.41, 5.74) is 0.384. The fraction of sp³-hybridized carbons (Fsp3) is 0.583. The Labute approximate surface area is 119 Å². The first-order valence-electron chi connectivity index (χ1n) is 6.35. The molecular formula is C12H15BrN4O2. The van der Waals surface area contributed by atoms with Gasteiger partial charge in [0.2, 0.25) is 0 Å². The summed E-state index contributed by atoms with van der Waals surface area (Å²) >= 11 is 3.40. The lowest BCUT2D eigenvalue weighted by molar-refractivity contribution is -0.385. The lowest BCUT2D eigenvalue weighted by Crippen LogP contribution is -2.29.